The van der Waals surface area contributed by atoms with E-state index in [9.17, 15) is 4.79 Å². The molecule has 5 nitrogen and oxygen atoms in total. The van der Waals surface area contributed by atoms with Gasteiger partial charge in [0.2, 0.25) is 0 Å². The molecular weight excluding hydrogens is 266 g/mol. The van der Waals surface area contributed by atoms with Crippen LogP contribution in [0.25, 0.3) is 0 Å². The van der Waals surface area contributed by atoms with E-state index in [2.05, 4.69) is 31.0 Å². The van der Waals surface area contributed by atoms with Crippen LogP contribution in [-0.4, -0.2) is 41.7 Å². The third kappa shape index (κ3) is 5.63. The van der Waals surface area contributed by atoms with Crippen LogP contribution in [0.4, 0.5) is 11.4 Å². The number of benzene rings is 1. The fourth-order valence-corrected chi connectivity index (χ4v) is 2.36. The van der Waals surface area contributed by atoms with Crippen LogP contribution in [0.1, 0.15) is 44.0 Å². The van der Waals surface area contributed by atoms with Gasteiger partial charge in [-0.2, -0.15) is 0 Å². The molecule has 0 radical (unpaired) electrons. The molecule has 1 aromatic rings. The lowest BCUT2D eigenvalue weighted by atomic mass is 10.1. The van der Waals surface area contributed by atoms with E-state index in [1.165, 1.54) is 0 Å². The van der Waals surface area contributed by atoms with Gasteiger partial charge in [0.1, 0.15) is 0 Å². The molecule has 1 unspecified atom stereocenters. The Balaban J connectivity index is 2.46. The summed E-state index contributed by atoms with van der Waals surface area (Å²) in [5.41, 5.74) is 7.06. The van der Waals surface area contributed by atoms with Crippen LogP contribution in [0, 0.1) is 0 Å². The average molecular weight is 293 g/mol. The normalized spacial score (nSPS) is 12.4. The van der Waals surface area contributed by atoms with Crippen molar-refractivity contribution in [2.24, 2.45) is 0 Å². The van der Waals surface area contributed by atoms with E-state index in [1.807, 2.05) is 0 Å². The fourth-order valence-electron chi connectivity index (χ4n) is 2.36. The molecule has 4 N–H and O–H groups in total. The third-order valence-electron chi connectivity index (χ3n) is 3.70. The number of hydrogen-bond acceptors (Lipinski definition) is 4. The molecule has 0 heterocycles. The van der Waals surface area contributed by atoms with Gasteiger partial charge in [-0.05, 0) is 57.6 Å². The molecule has 0 saturated heterocycles. The Labute approximate surface area is 127 Å². The van der Waals surface area contributed by atoms with Crippen molar-refractivity contribution in [3.8, 4) is 0 Å². The molecule has 21 heavy (non-hydrogen) atoms. The zero-order valence-electron chi connectivity index (χ0n) is 13.2. The number of nitrogens with one attached hydrogen (secondary N) is 1. The van der Waals surface area contributed by atoms with Crippen LogP contribution in [-0.2, 0) is 0 Å². The summed E-state index contributed by atoms with van der Waals surface area (Å²) in [5.74, 6) is -0.994. The van der Waals surface area contributed by atoms with Crippen molar-refractivity contribution in [3.05, 3.63) is 23.8 Å². The minimum absolute atomic E-state index is 0.148. The van der Waals surface area contributed by atoms with Crippen molar-refractivity contribution < 1.29 is 9.90 Å². The first-order chi connectivity index (χ1) is 9.97. The van der Waals surface area contributed by atoms with Crippen molar-refractivity contribution >= 4 is 17.3 Å². The lowest BCUT2D eigenvalue weighted by Crippen LogP contribution is -2.25. The summed E-state index contributed by atoms with van der Waals surface area (Å²) < 4.78 is 0. The van der Waals surface area contributed by atoms with Gasteiger partial charge in [0, 0.05) is 17.4 Å². The second-order valence-corrected chi connectivity index (χ2v) is 5.32. The number of carboxylic acid groups (broad SMARTS) is 1. The van der Waals surface area contributed by atoms with Gasteiger partial charge in [0.25, 0.3) is 0 Å². The molecule has 0 aliphatic heterocycles. The van der Waals surface area contributed by atoms with Crippen LogP contribution >= 0.6 is 0 Å². The monoisotopic (exact) mass is 293 g/mol. The summed E-state index contributed by atoms with van der Waals surface area (Å²) >= 11 is 0. The van der Waals surface area contributed by atoms with Gasteiger partial charge >= 0.3 is 5.97 Å². The first-order valence-corrected chi connectivity index (χ1v) is 7.59. The molecule has 0 saturated carbocycles. The lowest BCUT2D eigenvalue weighted by Gasteiger charge is -2.20. The van der Waals surface area contributed by atoms with E-state index in [4.69, 9.17) is 10.8 Å². The van der Waals surface area contributed by atoms with Gasteiger partial charge in [-0.1, -0.05) is 13.8 Å². The molecule has 1 rings (SSSR count). The molecule has 0 bridgehead atoms. The number of nitrogens with zero attached hydrogens (tertiary/aromatic N) is 1. The molecule has 0 aliphatic rings. The maximum absolute atomic E-state index is 10.9. The van der Waals surface area contributed by atoms with Gasteiger partial charge in [-0.3, -0.25) is 0 Å². The van der Waals surface area contributed by atoms with Gasteiger partial charge < -0.3 is 21.1 Å². The number of aromatic carboxylic acids is 1. The standard InChI is InChI=1S/C16H27N3O2/c1-4-19(5-2)10-6-7-12(3)18-13-8-9-14(16(20)21)15(17)11-13/h8-9,11-12,18H,4-7,10,17H2,1-3H3,(H,20,21). The molecule has 0 aliphatic carbocycles. The predicted octanol–water partition coefficient (Wildman–Crippen LogP) is 2.89. The van der Waals surface area contributed by atoms with Crippen LogP contribution < -0.4 is 11.1 Å². The first kappa shape index (κ1) is 17.3. The van der Waals surface area contributed by atoms with Crippen LogP contribution in [0.5, 0.6) is 0 Å². The fraction of sp³-hybridized carbons (Fsp3) is 0.562. The van der Waals surface area contributed by atoms with Gasteiger partial charge in [-0.25, -0.2) is 4.79 Å². The average Bonchev–Trinajstić information content (AvgIpc) is 2.43. The molecular formula is C16H27N3O2. The van der Waals surface area contributed by atoms with Crippen molar-refractivity contribution in [2.45, 2.75) is 39.7 Å². The molecule has 118 valence electrons. The zero-order chi connectivity index (χ0) is 15.8. The second-order valence-electron chi connectivity index (χ2n) is 5.32. The summed E-state index contributed by atoms with van der Waals surface area (Å²) in [6.45, 7) is 9.77. The third-order valence-corrected chi connectivity index (χ3v) is 3.70. The smallest absolute Gasteiger partial charge is 0.337 e. The van der Waals surface area contributed by atoms with E-state index >= 15 is 0 Å². The summed E-state index contributed by atoms with van der Waals surface area (Å²) in [6.07, 6.45) is 2.20. The summed E-state index contributed by atoms with van der Waals surface area (Å²) in [4.78, 5) is 13.3. The molecule has 0 aromatic heterocycles. The van der Waals surface area contributed by atoms with Gasteiger partial charge in [-0.15, -0.1) is 0 Å². The Hall–Kier alpha value is -1.75. The summed E-state index contributed by atoms with van der Waals surface area (Å²) in [7, 11) is 0. The van der Waals surface area contributed by atoms with Crippen LogP contribution in [0.2, 0.25) is 0 Å². The zero-order valence-corrected chi connectivity index (χ0v) is 13.2. The molecule has 1 atom stereocenters. The Morgan fingerprint density at radius 3 is 2.57 bits per heavy atom. The Bertz CT molecular complexity index is 459. The number of anilines is 2. The van der Waals surface area contributed by atoms with Crippen molar-refractivity contribution in [1.29, 1.82) is 0 Å². The number of nitrogen functional groups attached to an aromatic ring is 1. The van der Waals surface area contributed by atoms with E-state index < -0.39 is 5.97 Å². The number of nitrogens with two attached hydrogens (primary N) is 1. The molecule has 0 amide bonds. The molecule has 5 heteroatoms. The Morgan fingerprint density at radius 2 is 2.05 bits per heavy atom. The van der Waals surface area contributed by atoms with E-state index in [-0.39, 0.29) is 5.56 Å². The van der Waals surface area contributed by atoms with Crippen molar-refractivity contribution in [2.75, 3.05) is 30.7 Å². The Morgan fingerprint density at radius 1 is 1.38 bits per heavy atom. The second kappa shape index (κ2) is 8.52. The number of rotatable bonds is 9. The minimum atomic E-state index is -0.994. The van der Waals surface area contributed by atoms with E-state index in [0.717, 1.165) is 38.2 Å². The highest BCUT2D eigenvalue weighted by Crippen LogP contribution is 2.19. The lowest BCUT2D eigenvalue weighted by molar-refractivity contribution is 0.0698. The van der Waals surface area contributed by atoms with E-state index in [0.29, 0.717) is 11.7 Å². The first-order valence-electron chi connectivity index (χ1n) is 7.59. The van der Waals surface area contributed by atoms with Crippen LogP contribution in [0.15, 0.2) is 18.2 Å². The van der Waals surface area contributed by atoms with Crippen molar-refractivity contribution in [1.82, 2.24) is 4.90 Å². The van der Waals surface area contributed by atoms with E-state index in [1.54, 1.807) is 18.2 Å². The van der Waals surface area contributed by atoms with Gasteiger partial charge in [0.05, 0.1) is 5.56 Å². The SMILES string of the molecule is CCN(CC)CCCC(C)Nc1ccc(C(=O)O)c(N)c1. The highest BCUT2D eigenvalue weighted by molar-refractivity contribution is 5.94. The number of carboxylic acids is 1. The molecule has 0 spiro atoms. The topological polar surface area (TPSA) is 78.6 Å². The maximum atomic E-state index is 10.9. The summed E-state index contributed by atoms with van der Waals surface area (Å²) in [6, 6.07) is 5.32. The van der Waals surface area contributed by atoms with Gasteiger partial charge in [0.15, 0.2) is 0 Å². The maximum Gasteiger partial charge on any atom is 0.337 e. The number of carbonyl (C=O) groups is 1. The predicted molar refractivity (Wildman–Crippen MR) is 87.9 cm³/mol. The minimum Gasteiger partial charge on any atom is -0.478 e. The largest absolute Gasteiger partial charge is 0.478 e. The quantitative estimate of drug-likeness (QED) is 0.610. The Kier molecular flexibility index (Phi) is 7.02. The highest BCUT2D eigenvalue weighted by atomic mass is 16.4. The van der Waals surface area contributed by atoms with Crippen LogP contribution in [0.3, 0.4) is 0 Å². The van der Waals surface area contributed by atoms with Crippen molar-refractivity contribution in [3.63, 3.8) is 0 Å². The molecule has 0 fully saturated rings. The molecule has 1 aromatic carbocycles. The number of hydrogen-bond donors (Lipinski definition) is 3. The highest BCUT2D eigenvalue weighted by Gasteiger charge is 2.09. The summed E-state index contributed by atoms with van der Waals surface area (Å²) in [5, 5.41) is 12.3.